The first-order chi connectivity index (χ1) is 6.75. The number of rotatable bonds is 2. The molecule has 1 saturated heterocycles. The summed E-state index contributed by atoms with van der Waals surface area (Å²) in [6, 6.07) is 0.425. The van der Waals surface area contributed by atoms with Crippen LogP contribution >= 0.6 is 23.7 Å². The predicted molar refractivity (Wildman–Crippen MR) is 66.6 cm³/mol. The van der Waals surface area contributed by atoms with Gasteiger partial charge in [0.1, 0.15) is 0 Å². The molecule has 1 aliphatic rings. The van der Waals surface area contributed by atoms with E-state index in [-0.39, 0.29) is 12.4 Å². The van der Waals surface area contributed by atoms with Gasteiger partial charge in [-0.05, 0) is 32.9 Å². The molecule has 15 heavy (non-hydrogen) atoms. The molecule has 1 aliphatic heterocycles. The number of likely N-dealkylation sites (tertiary alicyclic amines) is 1. The SMILES string of the molecule is Cc1ncsc1CN1CCC(N)CC1.Cl. The molecule has 0 spiro atoms. The summed E-state index contributed by atoms with van der Waals surface area (Å²) in [6.45, 7) is 5.42. The van der Waals surface area contributed by atoms with Crippen LogP contribution in [0.4, 0.5) is 0 Å². The number of aryl methyl sites for hydroxylation is 1. The highest BCUT2D eigenvalue weighted by Gasteiger charge is 2.17. The quantitative estimate of drug-likeness (QED) is 0.867. The maximum atomic E-state index is 5.86. The maximum Gasteiger partial charge on any atom is 0.0798 e. The van der Waals surface area contributed by atoms with Crippen molar-refractivity contribution < 1.29 is 0 Å². The molecule has 2 heterocycles. The van der Waals surface area contributed by atoms with E-state index in [0.29, 0.717) is 6.04 Å². The van der Waals surface area contributed by atoms with E-state index in [0.717, 1.165) is 32.5 Å². The lowest BCUT2D eigenvalue weighted by Crippen LogP contribution is -2.39. The summed E-state index contributed by atoms with van der Waals surface area (Å²) in [7, 11) is 0. The molecule has 0 aromatic carbocycles. The molecule has 2 rings (SSSR count). The molecule has 0 saturated carbocycles. The predicted octanol–water partition coefficient (Wildman–Crippen LogP) is 1.80. The van der Waals surface area contributed by atoms with Crippen LogP contribution in [0.15, 0.2) is 5.51 Å². The van der Waals surface area contributed by atoms with Crippen LogP contribution in [0.1, 0.15) is 23.4 Å². The third-order valence-corrected chi connectivity index (χ3v) is 3.76. The van der Waals surface area contributed by atoms with Crippen LogP contribution in [0.5, 0.6) is 0 Å². The highest BCUT2D eigenvalue weighted by atomic mass is 35.5. The van der Waals surface area contributed by atoms with Gasteiger partial charge in [-0.25, -0.2) is 4.98 Å². The first-order valence-corrected chi connectivity index (χ1v) is 6.00. The van der Waals surface area contributed by atoms with E-state index in [1.54, 1.807) is 11.3 Å². The normalized spacial score (nSPS) is 18.8. The number of hydrogen-bond donors (Lipinski definition) is 1. The van der Waals surface area contributed by atoms with E-state index < -0.39 is 0 Å². The first-order valence-electron chi connectivity index (χ1n) is 5.12. The summed E-state index contributed by atoms with van der Waals surface area (Å²) in [5.74, 6) is 0. The van der Waals surface area contributed by atoms with Crippen LogP contribution in [0.3, 0.4) is 0 Å². The van der Waals surface area contributed by atoms with Crippen molar-refractivity contribution in [2.75, 3.05) is 13.1 Å². The lowest BCUT2D eigenvalue weighted by molar-refractivity contribution is 0.207. The molecule has 0 unspecified atom stereocenters. The molecule has 5 heteroatoms. The van der Waals surface area contributed by atoms with Crippen LogP contribution in [0, 0.1) is 6.92 Å². The Balaban J connectivity index is 0.00000112. The summed E-state index contributed by atoms with van der Waals surface area (Å²) in [5, 5.41) is 0. The molecule has 0 amide bonds. The van der Waals surface area contributed by atoms with Crippen LogP contribution in [0.2, 0.25) is 0 Å². The highest BCUT2D eigenvalue weighted by molar-refractivity contribution is 7.09. The minimum atomic E-state index is 0. The lowest BCUT2D eigenvalue weighted by atomic mass is 10.1. The Labute approximate surface area is 101 Å². The molecule has 1 fully saturated rings. The molecule has 86 valence electrons. The second-order valence-corrected chi connectivity index (χ2v) is 4.91. The van der Waals surface area contributed by atoms with Crippen molar-refractivity contribution in [1.29, 1.82) is 0 Å². The largest absolute Gasteiger partial charge is 0.328 e. The molecule has 3 nitrogen and oxygen atoms in total. The topological polar surface area (TPSA) is 42.2 Å². The first kappa shape index (κ1) is 12.9. The standard InChI is InChI=1S/C10H17N3S.ClH/c1-8-10(14-7-12-8)6-13-4-2-9(11)3-5-13;/h7,9H,2-6,11H2,1H3;1H. The van der Waals surface area contributed by atoms with Gasteiger partial charge in [0.05, 0.1) is 11.2 Å². The van der Waals surface area contributed by atoms with E-state index in [1.807, 2.05) is 5.51 Å². The minimum absolute atomic E-state index is 0. The van der Waals surface area contributed by atoms with Gasteiger partial charge in [-0.1, -0.05) is 0 Å². The molecule has 0 bridgehead atoms. The minimum Gasteiger partial charge on any atom is -0.328 e. The van der Waals surface area contributed by atoms with Gasteiger partial charge in [0, 0.05) is 17.5 Å². The smallest absolute Gasteiger partial charge is 0.0798 e. The monoisotopic (exact) mass is 247 g/mol. The Bertz CT molecular complexity index is 295. The van der Waals surface area contributed by atoms with Crippen LogP contribution in [0.25, 0.3) is 0 Å². The highest BCUT2D eigenvalue weighted by Crippen LogP contribution is 2.17. The van der Waals surface area contributed by atoms with Crippen molar-refractivity contribution in [1.82, 2.24) is 9.88 Å². The Morgan fingerprint density at radius 1 is 1.53 bits per heavy atom. The molecular weight excluding hydrogens is 230 g/mol. The van der Waals surface area contributed by atoms with Crippen molar-refractivity contribution in [3.8, 4) is 0 Å². The number of thiazole rings is 1. The van der Waals surface area contributed by atoms with Crippen LogP contribution < -0.4 is 5.73 Å². The Hall–Kier alpha value is -0.160. The van der Waals surface area contributed by atoms with Gasteiger partial charge in [0.25, 0.3) is 0 Å². The fourth-order valence-electron chi connectivity index (χ4n) is 1.79. The number of hydrogen-bond acceptors (Lipinski definition) is 4. The van der Waals surface area contributed by atoms with E-state index in [2.05, 4.69) is 16.8 Å². The van der Waals surface area contributed by atoms with E-state index >= 15 is 0 Å². The number of nitrogens with zero attached hydrogens (tertiary/aromatic N) is 2. The average molecular weight is 248 g/mol. The summed E-state index contributed by atoms with van der Waals surface area (Å²) < 4.78 is 0. The molecule has 1 aromatic heterocycles. The van der Waals surface area contributed by atoms with Gasteiger partial charge in [-0.15, -0.1) is 23.7 Å². The zero-order chi connectivity index (χ0) is 9.97. The fourth-order valence-corrected chi connectivity index (χ4v) is 2.61. The summed E-state index contributed by atoms with van der Waals surface area (Å²) >= 11 is 1.76. The Morgan fingerprint density at radius 2 is 2.20 bits per heavy atom. The zero-order valence-corrected chi connectivity index (χ0v) is 10.6. The Morgan fingerprint density at radius 3 is 2.73 bits per heavy atom. The van der Waals surface area contributed by atoms with Gasteiger partial charge in [-0.2, -0.15) is 0 Å². The van der Waals surface area contributed by atoms with Crippen molar-refractivity contribution in [2.45, 2.75) is 32.4 Å². The zero-order valence-electron chi connectivity index (χ0n) is 8.98. The van der Waals surface area contributed by atoms with Gasteiger partial charge >= 0.3 is 0 Å². The summed E-state index contributed by atoms with van der Waals surface area (Å²) in [6.07, 6.45) is 2.27. The second kappa shape index (κ2) is 5.80. The number of aromatic nitrogens is 1. The molecular formula is C10H18ClN3S. The van der Waals surface area contributed by atoms with Gasteiger partial charge in [-0.3, -0.25) is 4.90 Å². The van der Waals surface area contributed by atoms with Crippen molar-refractivity contribution in [3.63, 3.8) is 0 Å². The van der Waals surface area contributed by atoms with E-state index in [1.165, 1.54) is 10.6 Å². The second-order valence-electron chi connectivity index (χ2n) is 3.97. The third kappa shape index (κ3) is 3.41. The van der Waals surface area contributed by atoms with Gasteiger partial charge in [0.2, 0.25) is 0 Å². The number of piperidine rings is 1. The van der Waals surface area contributed by atoms with Crippen molar-refractivity contribution in [3.05, 3.63) is 16.1 Å². The average Bonchev–Trinajstić information content (AvgIpc) is 2.56. The molecule has 0 atom stereocenters. The summed E-state index contributed by atoms with van der Waals surface area (Å²) in [4.78, 5) is 8.14. The fraction of sp³-hybridized carbons (Fsp3) is 0.700. The molecule has 0 radical (unpaired) electrons. The van der Waals surface area contributed by atoms with Crippen molar-refractivity contribution in [2.24, 2.45) is 5.73 Å². The molecule has 0 aliphatic carbocycles. The van der Waals surface area contributed by atoms with Gasteiger partial charge < -0.3 is 5.73 Å². The van der Waals surface area contributed by atoms with Crippen LogP contribution in [-0.2, 0) is 6.54 Å². The van der Waals surface area contributed by atoms with Crippen LogP contribution in [-0.4, -0.2) is 29.0 Å². The number of nitrogens with two attached hydrogens (primary N) is 1. The Kier molecular flexibility index (Phi) is 4.99. The van der Waals surface area contributed by atoms with Crippen molar-refractivity contribution >= 4 is 23.7 Å². The lowest BCUT2D eigenvalue weighted by Gasteiger charge is -2.29. The maximum absolute atomic E-state index is 5.86. The molecule has 1 aromatic rings. The third-order valence-electron chi connectivity index (χ3n) is 2.84. The number of halogens is 1. The van der Waals surface area contributed by atoms with E-state index in [9.17, 15) is 0 Å². The van der Waals surface area contributed by atoms with Gasteiger partial charge in [0.15, 0.2) is 0 Å². The molecule has 2 N–H and O–H groups in total. The summed E-state index contributed by atoms with van der Waals surface area (Å²) in [5.41, 5.74) is 8.98. The van der Waals surface area contributed by atoms with E-state index in [4.69, 9.17) is 5.73 Å².